The third kappa shape index (κ3) is 12.4. The molecule has 2 aromatic heterocycles. The van der Waals surface area contributed by atoms with E-state index in [1.165, 1.54) is 12.4 Å². The number of unbranched alkanes of at least 4 members (excludes halogenated alkanes) is 1. The lowest BCUT2D eigenvalue weighted by Gasteiger charge is -2.16. The third-order valence-electron chi connectivity index (χ3n) is 9.30. The third-order valence-corrected chi connectivity index (χ3v) is 9.89. The zero-order valence-corrected chi connectivity index (χ0v) is 34.3. The molecule has 60 heavy (non-hydrogen) atoms. The number of nitriles is 2. The van der Waals surface area contributed by atoms with E-state index in [1.807, 2.05) is 42.5 Å². The lowest BCUT2D eigenvalue weighted by Crippen LogP contribution is -2.18. The summed E-state index contributed by atoms with van der Waals surface area (Å²) in [6.07, 6.45) is 8.39. The molecule has 0 saturated carbocycles. The zero-order chi connectivity index (χ0) is 42.1. The van der Waals surface area contributed by atoms with Crippen molar-refractivity contribution in [2.75, 3.05) is 19.8 Å². The fourth-order valence-electron chi connectivity index (χ4n) is 6.29. The molecule has 0 bridgehead atoms. The van der Waals surface area contributed by atoms with Crippen molar-refractivity contribution in [1.29, 1.82) is 10.5 Å². The first-order valence-corrected chi connectivity index (χ1v) is 20.1. The van der Waals surface area contributed by atoms with Gasteiger partial charge in [0.2, 0.25) is 0 Å². The Bertz CT molecular complexity index is 2300. The van der Waals surface area contributed by atoms with Crippen LogP contribution in [0.25, 0.3) is 11.1 Å². The number of aliphatic hydroxyl groups is 2. The minimum Gasteiger partial charge on any atom is -0.488 e. The normalized spacial score (nSPS) is 10.8. The van der Waals surface area contributed by atoms with Crippen molar-refractivity contribution in [2.45, 2.75) is 52.2 Å². The Morgan fingerprint density at radius 3 is 1.57 bits per heavy atom. The van der Waals surface area contributed by atoms with Crippen molar-refractivity contribution in [3.05, 3.63) is 164 Å². The molecule has 0 saturated heterocycles. The number of ether oxygens (including phenoxy) is 4. The molecule has 2 heterocycles. The standard InChI is InChI=1S/C47H43Cl2N5O6/c48-42-17-40(7-1-2-11-55)44(57-30-36-13-34(21-50)23-53-25-36)19-46(42)59-28-32-5-3-8-38(15-32)39-9-4-6-33(16-39)29-60-47-20-45(41(18-43(47)49)27-52-10-12-56)58-31-37-14-35(22-51)24-54-26-37/h3-6,8-9,13-20,23-26,52,55-56H,1-2,7,10-12,27-31H2. The van der Waals surface area contributed by atoms with Crippen LogP contribution in [0.3, 0.4) is 0 Å². The van der Waals surface area contributed by atoms with Crippen LogP contribution in [0.15, 0.2) is 110 Å². The Balaban J connectivity index is 1.13. The second kappa shape index (κ2) is 22.3. The van der Waals surface area contributed by atoms with Gasteiger partial charge in [0, 0.05) is 73.3 Å². The molecule has 0 radical (unpaired) electrons. The van der Waals surface area contributed by atoms with E-state index in [-0.39, 0.29) is 39.6 Å². The summed E-state index contributed by atoms with van der Waals surface area (Å²) in [5.74, 6) is 2.08. The van der Waals surface area contributed by atoms with Gasteiger partial charge in [0.05, 0.1) is 27.8 Å². The molecule has 3 N–H and O–H groups in total. The van der Waals surface area contributed by atoms with Gasteiger partial charge in [-0.3, -0.25) is 9.97 Å². The van der Waals surface area contributed by atoms with Gasteiger partial charge in [-0.05, 0) is 83.5 Å². The van der Waals surface area contributed by atoms with Crippen molar-refractivity contribution in [2.24, 2.45) is 0 Å². The van der Waals surface area contributed by atoms with Gasteiger partial charge in [-0.25, -0.2) is 0 Å². The number of nitrogens with zero attached hydrogens (tertiary/aromatic N) is 4. The molecule has 13 heteroatoms. The first-order valence-electron chi connectivity index (χ1n) is 19.3. The molecule has 0 unspecified atom stereocenters. The summed E-state index contributed by atoms with van der Waals surface area (Å²) in [6.45, 7) is 1.79. The number of halogens is 2. The van der Waals surface area contributed by atoms with E-state index in [2.05, 4.69) is 39.6 Å². The Morgan fingerprint density at radius 1 is 0.550 bits per heavy atom. The van der Waals surface area contributed by atoms with Crippen LogP contribution in [-0.2, 0) is 39.4 Å². The molecule has 0 aliphatic rings. The molecule has 4 aromatic carbocycles. The first kappa shape index (κ1) is 43.4. The van der Waals surface area contributed by atoms with Crippen LogP contribution < -0.4 is 24.3 Å². The molecule has 0 aliphatic carbocycles. The van der Waals surface area contributed by atoms with Gasteiger partial charge in [-0.15, -0.1) is 0 Å². The maximum Gasteiger partial charge on any atom is 0.142 e. The molecule has 306 valence electrons. The van der Waals surface area contributed by atoms with Crippen molar-refractivity contribution in [1.82, 2.24) is 15.3 Å². The molecular weight excluding hydrogens is 801 g/mol. The average Bonchev–Trinajstić information content (AvgIpc) is 3.28. The molecule has 0 fully saturated rings. The van der Waals surface area contributed by atoms with E-state index in [1.54, 1.807) is 42.7 Å². The van der Waals surface area contributed by atoms with Crippen molar-refractivity contribution in [3.63, 3.8) is 0 Å². The topological polar surface area (TPSA) is 163 Å². The number of pyridine rings is 2. The number of aliphatic hydroxyl groups excluding tert-OH is 2. The van der Waals surface area contributed by atoms with Crippen LogP contribution in [0.5, 0.6) is 23.0 Å². The Labute approximate surface area is 359 Å². The zero-order valence-electron chi connectivity index (χ0n) is 32.7. The smallest absolute Gasteiger partial charge is 0.142 e. The number of aryl methyl sites for hydroxylation is 1. The number of hydrogen-bond donors (Lipinski definition) is 3. The Kier molecular flexibility index (Phi) is 16.1. The molecule has 0 amide bonds. The molecule has 0 atom stereocenters. The van der Waals surface area contributed by atoms with Gasteiger partial charge >= 0.3 is 0 Å². The second-order valence-corrected chi connectivity index (χ2v) is 14.6. The van der Waals surface area contributed by atoms with Crippen LogP contribution in [0.4, 0.5) is 0 Å². The van der Waals surface area contributed by atoms with Crippen molar-refractivity contribution in [3.8, 4) is 46.3 Å². The molecule has 6 aromatic rings. The largest absolute Gasteiger partial charge is 0.488 e. The highest BCUT2D eigenvalue weighted by molar-refractivity contribution is 6.32. The SMILES string of the molecule is N#Cc1cncc(COc2cc(OCc3cccc(-c4cccc(COc5cc(OCc6cncc(C#N)c6)c(CNCCO)cc5Cl)c4)c3)c(Cl)cc2CCCCO)c1. The highest BCUT2D eigenvalue weighted by Gasteiger charge is 2.15. The summed E-state index contributed by atoms with van der Waals surface area (Å²) in [6, 6.07) is 31.0. The monoisotopic (exact) mass is 843 g/mol. The van der Waals surface area contributed by atoms with Crippen molar-refractivity contribution >= 4 is 23.2 Å². The van der Waals surface area contributed by atoms with E-state index >= 15 is 0 Å². The van der Waals surface area contributed by atoms with Crippen molar-refractivity contribution < 1.29 is 29.2 Å². The second-order valence-electron chi connectivity index (χ2n) is 13.8. The number of benzene rings is 4. The van der Waals surface area contributed by atoms with Gasteiger partial charge in [-0.1, -0.05) is 59.6 Å². The highest BCUT2D eigenvalue weighted by atomic mass is 35.5. The Morgan fingerprint density at radius 2 is 1.05 bits per heavy atom. The van der Waals surface area contributed by atoms with Gasteiger partial charge in [-0.2, -0.15) is 10.5 Å². The van der Waals surface area contributed by atoms with E-state index < -0.39 is 0 Å². The van der Waals surface area contributed by atoms with E-state index in [0.29, 0.717) is 70.1 Å². The van der Waals surface area contributed by atoms with Gasteiger partial charge < -0.3 is 34.5 Å². The summed E-state index contributed by atoms with van der Waals surface area (Å²) >= 11 is 13.4. The van der Waals surface area contributed by atoms with E-state index in [9.17, 15) is 20.7 Å². The van der Waals surface area contributed by atoms with Crippen LogP contribution in [0.2, 0.25) is 10.0 Å². The predicted molar refractivity (Wildman–Crippen MR) is 229 cm³/mol. The lowest BCUT2D eigenvalue weighted by molar-refractivity contribution is 0.280. The van der Waals surface area contributed by atoms with E-state index in [4.69, 9.17) is 42.1 Å². The summed E-state index contributed by atoms with van der Waals surface area (Å²) in [5, 5.41) is 41.2. The maximum absolute atomic E-state index is 9.33. The molecular formula is C47H43Cl2N5O6. The number of rotatable bonds is 21. The summed E-state index contributed by atoms with van der Waals surface area (Å²) in [7, 11) is 0. The fraction of sp³-hybridized carbons (Fsp3) is 0.234. The van der Waals surface area contributed by atoms with Crippen LogP contribution >= 0.6 is 23.2 Å². The van der Waals surface area contributed by atoms with Gasteiger partial charge in [0.1, 0.15) is 61.6 Å². The fourth-order valence-corrected chi connectivity index (χ4v) is 6.77. The molecule has 11 nitrogen and oxygen atoms in total. The molecule has 0 spiro atoms. The first-order chi connectivity index (χ1) is 29.3. The van der Waals surface area contributed by atoms with Crippen LogP contribution in [0.1, 0.15) is 57.3 Å². The minimum atomic E-state index is -0.00967. The predicted octanol–water partition coefficient (Wildman–Crippen LogP) is 8.91. The summed E-state index contributed by atoms with van der Waals surface area (Å²) < 4.78 is 24.9. The molecule has 0 aliphatic heterocycles. The number of hydrogen-bond acceptors (Lipinski definition) is 11. The average molecular weight is 845 g/mol. The highest BCUT2D eigenvalue weighted by Crippen LogP contribution is 2.36. The lowest BCUT2D eigenvalue weighted by atomic mass is 10.0. The summed E-state index contributed by atoms with van der Waals surface area (Å²) in [4.78, 5) is 8.25. The van der Waals surface area contributed by atoms with Gasteiger partial charge in [0.25, 0.3) is 0 Å². The number of nitrogens with one attached hydrogen (secondary N) is 1. The van der Waals surface area contributed by atoms with Crippen LogP contribution in [0, 0.1) is 22.7 Å². The van der Waals surface area contributed by atoms with Gasteiger partial charge in [0.15, 0.2) is 0 Å². The Hall–Kier alpha value is -6.18. The minimum absolute atomic E-state index is 0.00967. The van der Waals surface area contributed by atoms with E-state index in [0.717, 1.165) is 50.9 Å². The summed E-state index contributed by atoms with van der Waals surface area (Å²) in [5.41, 5.74) is 7.91. The van der Waals surface area contributed by atoms with Crippen LogP contribution in [-0.4, -0.2) is 39.9 Å². The molecule has 6 rings (SSSR count). The number of aromatic nitrogens is 2. The quantitative estimate of drug-likeness (QED) is 0.0593. The maximum atomic E-state index is 9.33.